The number of methoxy groups -OCH3 is 1. The molecule has 0 aromatic heterocycles. The first-order valence-corrected chi connectivity index (χ1v) is 11.9. The smallest absolute Gasteiger partial charge is 0.282 e. The minimum absolute atomic E-state index is 0.571. The first-order chi connectivity index (χ1) is 13.6. The maximum absolute atomic E-state index is 12.7. The molecule has 1 aromatic carbocycles. The van der Waals surface area contributed by atoms with Crippen LogP contribution in [0.15, 0.2) is 18.2 Å². The molecule has 0 amide bonds. The summed E-state index contributed by atoms with van der Waals surface area (Å²) >= 11 is 0. The van der Waals surface area contributed by atoms with Crippen molar-refractivity contribution in [1.82, 2.24) is 13.5 Å². The van der Waals surface area contributed by atoms with Gasteiger partial charge >= 0.3 is 0 Å². The maximum atomic E-state index is 12.7. The van der Waals surface area contributed by atoms with Gasteiger partial charge in [-0.2, -0.15) is 17.0 Å². The monoisotopic (exact) mass is 408 g/mol. The van der Waals surface area contributed by atoms with Gasteiger partial charge in [-0.15, -0.1) is 0 Å². The van der Waals surface area contributed by atoms with Crippen LogP contribution in [0.2, 0.25) is 0 Å². The van der Waals surface area contributed by atoms with Crippen molar-refractivity contribution in [1.29, 1.82) is 0 Å². The Morgan fingerprint density at radius 3 is 2.11 bits per heavy atom. The molecule has 7 nitrogen and oxygen atoms in total. The molecule has 3 aliphatic heterocycles. The Morgan fingerprint density at radius 1 is 0.857 bits per heavy atom. The highest BCUT2D eigenvalue weighted by Crippen LogP contribution is 2.32. The molecule has 0 N–H and O–H groups in total. The third kappa shape index (κ3) is 4.15. The first-order valence-electron chi connectivity index (χ1n) is 10.5. The number of piperazine rings is 1. The second kappa shape index (κ2) is 8.57. The highest BCUT2D eigenvalue weighted by Gasteiger charge is 2.33. The predicted octanol–water partition coefficient (Wildman–Crippen LogP) is 1.75. The second-order valence-electron chi connectivity index (χ2n) is 7.99. The average Bonchev–Trinajstić information content (AvgIpc) is 3.42. The number of benzene rings is 1. The molecule has 0 saturated carbocycles. The van der Waals surface area contributed by atoms with Gasteiger partial charge in [-0.1, -0.05) is 6.07 Å². The van der Waals surface area contributed by atoms with Crippen LogP contribution in [-0.2, 0) is 16.8 Å². The van der Waals surface area contributed by atoms with E-state index >= 15 is 0 Å². The summed E-state index contributed by atoms with van der Waals surface area (Å²) in [6.45, 7) is 7.05. The Hall–Kier alpha value is -1.35. The molecule has 0 bridgehead atoms. The molecule has 3 fully saturated rings. The first kappa shape index (κ1) is 19.9. The van der Waals surface area contributed by atoms with E-state index in [1.807, 2.05) is 0 Å². The summed E-state index contributed by atoms with van der Waals surface area (Å²) in [6.07, 6.45) is 4.45. The van der Waals surface area contributed by atoms with E-state index in [1.165, 1.54) is 24.1 Å². The zero-order chi connectivity index (χ0) is 19.6. The van der Waals surface area contributed by atoms with Gasteiger partial charge in [0, 0.05) is 58.9 Å². The van der Waals surface area contributed by atoms with E-state index in [-0.39, 0.29) is 0 Å². The fraction of sp³-hybridized carbons (Fsp3) is 0.700. The Kier molecular flexibility index (Phi) is 6.10. The van der Waals surface area contributed by atoms with Crippen LogP contribution in [0, 0.1) is 0 Å². The van der Waals surface area contributed by atoms with Crippen LogP contribution in [-0.4, -0.2) is 81.4 Å². The molecule has 0 radical (unpaired) electrons. The van der Waals surface area contributed by atoms with E-state index < -0.39 is 10.2 Å². The van der Waals surface area contributed by atoms with Gasteiger partial charge in [0.25, 0.3) is 10.2 Å². The normalized spacial score (nSPS) is 22.8. The molecule has 156 valence electrons. The average molecular weight is 409 g/mol. The van der Waals surface area contributed by atoms with Crippen LogP contribution in [0.4, 0.5) is 5.69 Å². The Balaban J connectivity index is 1.35. The van der Waals surface area contributed by atoms with Crippen molar-refractivity contribution in [3.05, 3.63) is 23.8 Å². The summed E-state index contributed by atoms with van der Waals surface area (Å²) in [5, 5.41) is 0. The third-order valence-corrected chi connectivity index (χ3v) is 8.18. The molecule has 0 aliphatic carbocycles. The topological polar surface area (TPSA) is 56.3 Å². The fourth-order valence-corrected chi connectivity index (χ4v) is 6.17. The van der Waals surface area contributed by atoms with Gasteiger partial charge in [0.2, 0.25) is 0 Å². The Bertz CT molecular complexity index is 766. The van der Waals surface area contributed by atoms with Crippen molar-refractivity contribution in [2.24, 2.45) is 0 Å². The number of nitrogens with zero attached hydrogens (tertiary/aromatic N) is 4. The van der Waals surface area contributed by atoms with Gasteiger partial charge in [-0.05, 0) is 43.4 Å². The molecule has 3 aliphatic rings. The van der Waals surface area contributed by atoms with E-state index in [1.54, 1.807) is 15.7 Å². The highest BCUT2D eigenvalue weighted by molar-refractivity contribution is 7.86. The van der Waals surface area contributed by atoms with Crippen molar-refractivity contribution < 1.29 is 13.2 Å². The van der Waals surface area contributed by atoms with Crippen LogP contribution < -0.4 is 9.64 Å². The summed E-state index contributed by atoms with van der Waals surface area (Å²) < 4.78 is 34.4. The van der Waals surface area contributed by atoms with Crippen LogP contribution in [0.3, 0.4) is 0 Å². The van der Waals surface area contributed by atoms with E-state index in [0.717, 1.165) is 51.3 Å². The lowest BCUT2D eigenvalue weighted by molar-refractivity contribution is 0.176. The molecule has 4 rings (SSSR count). The van der Waals surface area contributed by atoms with Crippen LogP contribution in [0.5, 0.6) is 5.75 Å². The van der Waals surface area contributed by atoms with E-state index in [9.17, 15) is 8.42 Å². The van der Waals surface area contributed by atoms with Gasteiger partial charge in [-0.3, -0.25) is 4.90 Å². The van der Waals surface area contributed by atoms with Crippen LogP contribution in [0.1, 0.15) is 31.2 Å². The molecule has 3 heterocycles. The van der Waals surface area contributed by atoms with Gasteiger partial charge in [0.1, 0.15) is 5.75 Å². The van der Waals surface area contributed by atoms with Crippen molar-refractivity contribution in [2.75, 3.05) is 64.4 Å². The van der Waals surface area contributed by atoms with E-state index in [4.69, 9.17) is 4.74 Å². The van der Waals surface area contributed by atoms with Crippen LogP contribution >= 0.6 is 0 Å². The van der Waals surface area contributed by atoms with Crippen molar-refractivity contribution in [3.63, 3.8) is 0 Å². The fourth-order valence-electron chi connectivity index (χ4n) is 4.50. The minimum atomic E-state index is -3.27. The molecule has 0 spiro atoms. The molecule has 28 heavy (non-hydrogen) atoms. The quantitative estimate of drug-likeness (QED) is 0.718. The predicted molar refractivity (Wildman–Crippen MR) is 111 cm³/mol. The van der Waals surface area contributed by atoms with E-state index in [0.29, 0.717) is 26.2 Å². The van der Waals surface area contributed by atoms with Gasteiger partial charge in [-0.25, -0.2) is 0 Å². The minimum Gasteiger partial charge on any atom is -0.495 e. The molecular formula is C20H32N4O3S. The van der Waals surface area contributed by atoms with Gasteiger partial charge in [0.05, 0.1) is 12.8 Å². The zero-order valence-electron chi connectivity index (χ0n) is 16.8. The zero-order valence-corrected chi connectivity index (χ0v) is 17.7. The number of hydrogen-bond donors (Lipinski definition) is 0. The molecular weight excluding hydrogens is 376 g/mol. The number of hydrogen-bond acceptors (Lipinski definition) is 5. The molecule has 8 heteroatoms. The highest BCUT2D eigenvalue weighted by atomic mass is 32.2. The van der Waals surface area contributed by atoms with Crippen molar-refractivity contribution in [2.45, 2.75) is 32.2 Å². The SMILES string of the molecule is COc1cc(CN2CCN(S(=O)(=O)N3CCCC3)CC2)ccc1N1CCCC1. The van der Waals surface area contributed by atoms with Crippen molar-refractivity contribution in [3.8, 4) is 5.75 Å². The molecule has 3 saturated heterocycles. The number of anilines is 1. The largest absolute Gasteiger partial charge is 0.495 e. The second-order valence-corrected chi connectivity index (χ2v) is 9.92. The summed E-state index contributed by atoms with van der Waals surface area (Å²) in [5.74, 6) is 0.939. The number of ether oxygens (including phenoxy) is 1. The lowest BCUT2D eigenvalue weighted by atomic mass is 10.1. The molecule has 1 aromatic rings. The molecule has 0 unspecified atom stereocenters. The summed E-state index contributed by atoms with van der Waals surface area (Å²) in [6, 6.07) is 6.50. The summed E-state index contributed by atoms with van der Waals surface area (Å²) in [5.41, 5.74) is 2.40. The number of rotatable bonds is 6. The van der Waals surface area contributed by atoms with Crippen LogP contribution in [0.25, 0.3) is 0 Å². The maximum Gasteiger partial charge on any atom is 0.282 e. The Morgan fingerprint density at radius 2 is 1.46 bits per heavy atom. The third-order valence-electron chi connectivity index (χ3n) is 6.15. The lowest BCUT2D eigenvalue weighted by Gasteiger charge is -2.35. The molecule has 0 atom stereocenters. The van der Waals surface area contributed by atoms with Gasteiger partial charge in [0.15, 0.2) is 0 Å². The summed E-state index contributed by atoms with van der Waals surface area (Å²) in [7, 11) is -1.53. The summed E-state index contributed by atoms with van der Waals surface area (Å²) in [4.78, 5) is 4.73. The van der Waals surface area contributed by atoms with Crippen molar-refractivity contribution >= 4 is 15.9 Å². The standard InChI is InChI=1S/C20H32N4O3S/c1-27-20-16-18(6-7-19(20)22-8-2-3-9-22)17-21-12-14-24(15-13-21)28(25,26)23-10-4-5-11-23/h6-7,16H,2-5,8-15,17H2,1H3. The lowest BCUT2D eigenvalue weighted by Crippen LogP contribution is -2.52. The van der Waals surface area contributed by atoms with E-state index in [2.05, 4.69) is 28.0 Å². The Labute approximate surface area is 169 Å². The van der Waals surface area contributed by atoms with Gasteiger partial charge < -0.3 is 9.64 Å².